The summed E-state index contributed by atoms with van der Waals surface area (Å²) in [6, 6.07) is 16.9. The Morgan fingerprint density at radius 3 is 2.59 bits per heavy atom. The van der Waals surface area contributed by atoms with Crippen molar-refractivity contribution < 1.29 is 9.53 Å². The Labute approximate surface area is 163 Å². The van der Waals surface area contributed by atoms with Gasteiger partial charge in [-0.1, -0.05) is 41.4 Å². The molecule has 138 valence electrons. The quantitative estimate of drug-likeness (QED) is 0.632. The number of nitrogens with one attached hydrogen (secondary N) is 2. The number of methoxy groups -OCH3 is 1. The third kappa shape index (κ3) is 5.21. The molecule has 6 heteroatoms. The number of hydrogen-bond donors (Lipinski definition) is 2. The summed E-state index contributed by atoms with van der Waals surface area (Å²) in [5, 5.41) is 6.53. The second-order valence-corrected chi connectivity index (χ2v) is 6.53. The predicted octanol–water partition coefficient (Wildman–Crippen LogP) is 4.98. The third-order valence-electron chi connectivity index (χ3n) is 3.92. The summed E-state index contributed by atoms with van der Waals surface area (Å²) in [4.78, 5) is 16.5. The minimum atomic E-state index is -0.0787. The summed E-state index contributed by atoms with van der Waals surface area (Å²) in [7, 11) is 1.57. The Hall–Kier alpha value is -3.05. The fourth-order valence-electron chi connectivity index (χ4n) is 2.65. The number of amides is 1. The maximum atomic E-state index is 12.2. The number of halogens is 1. The number of ether oxygens (including phenoxy) is 1. The maximum absolute atomic E-state index is 12.2. The first-order valence-corrected chi connectivity index (χ1v) is 8.83. The monoisotopic (exact) mass is 381 g/mol. The SMILES string of the molecule is COc1ccc(Nc2ccc(NC(=O)Cc3cccc(C)c3)cn2)cc1Cl. The highest BCUT2D eigenvalue weighted by Gasteiger charge is 2.06. The molecule has 0 spiro atoms. The lowest BCUT2D eigenvalue weighted by Crippen LogP contribution is -2.14. The summed E-state index contributed by atoms with van der Waals surface area (Å²) in [5.41, 5.74) is 3.56. The van der Waals surface area contributed by atoms with Crippen LogP contribution in [0.5, 0.6) is 5.75 Å². The molecule has 1 heterocycles. The highest BCUT2D eigenvalue weighted by Crippen LogP contribution is 2.28. The zero-order valence-electron chi connectivity index (χ0n) is 15.1. The molecule has 0 saturated heterocycles. The first-order valence-electron chi connectivity index (χ1n) is 8.45. The molecule has 27 heavy (non-hydrogen) atoms. The molecule has 5 nitrogen and oxygen atoms in total. The summed E-state index contributed by atoms with van der Waals surface area (Å²) in [5.74, 6) is 1.18. The number of pyridine rings is 1. The van der Waals surface area contributed by atoms with Gasteiger partial charge < -0.3 is 15.4 Å². The Morgan fingerprint density at radius 2 is 1.93 bits per heavy atom. The van der Waals surface area contributed by atoms with E-state index in [2.05, 4.69) is 15.6 Å². The highest BCUT2D eigenvalue weighted by molar-refractivity contribution is 6.32. The van der Waals surface area contributed by atoms with Crippen LogP contribution in [0.3, 0.4) is 0 Å². The van der Waals surface area contributed by atoms with Crippen molar-refractivity contribution in [2.24, 2.45) is 0 Å². The lowest BCUT2D eigenvalue weighted by molar-refractivity contribution is -0.115. The lowest BCUT2D eigenvalue weighted by Gasteiger charge is -2.10. The molecule has 0 radical (unpaired) electrons. The van der Waals surface area contributed by atoms with Crippen LogP contribution in [-0.4, -0.2) is 18.0 Å². The Bertz CT molecular complexity index is 942. The molecular weight excluding hydrogens is 362 g/mol. The molecule has 0 saturated carbocycles. The van der Waals surface area contributed by atoms with Crippen molar-refractivity contribution in [3.05, 3.63) is 76.9 Å². The molecule has 0 aliphatic rings. The normalized spacial score (nSPS) is 10.3. The van der Waals surface area contributed by atoms with Crippen LogP contribution in [0.2, 0.25) is 5.02 Å². The fourth-order valence-corrected chi connectivity index (χ4v) is 2.90. The van der Waals surface area contributed by atoms with Gasteiger partial charge in [-0.2, -0.15) is 0 Å². The van der Waals surface area contributed by atoms with Crippen LogP contribution in [-0.2, 0) is 11.2 Å². The zero-order chi connectivity index (χ0) is 19.2. The second kappa shape index (κ2) is 8.56. The molecule has 0 fully saturated rings. The molecule has 0 atom stereocenters. The number of hydrogen-bond acceptors (Lipinski definition) is 4. The van der Waals surface area contributed by atoms with E-state index >= 15 is 0 Å². The van der Waals surface area contributed by atoms with Crippen LogP contribution in [0.15, 0.2) is 60.8 Å². The van der Waals surface area contributed by atoms with Gasteiger partial charge >= 0.3 is 0 Å². The van der Waals surface area contributed by atoms with Crippen molar-refractivity contribution in [1.29, 1.82) is 0 Å². The molecule has 0 aliphatic carbocycles. The molecule has 2 N–H and O–H groups in total. The van der Waals surface area contributed by atoms with E-state index in [0.717, 1.165) is 16.8 Å². The van der Waals surface area contributed by atoms with Gasteiger partial charge in [0.15, 0.2) is 0 Å². The van der Waals surface area contributed by atoms with Gasteiger partial charge in [0.1, 0.15) is 11.6 Å². The van der Waals surface area contributed by atoms with Gasteiger partial charge in [-0.25, -0.2) is 4.98 Å². The van der Waals surface area contributed by atoms with Crippen molar-refractivity contribution >= 4 is 34.7 Å². The summed E-state index contributed by atoms with van der Waals surface area (Å²) >= 11 is 6.12. The topological polar surface area (TPSA) is 63.2 Å². The average Bonchev–Trinajstić information content (AvgIpc) is 2.63. The zero-order valence-corrected chi connectivity index (χ0v) is 15.9. The van der Waals surface area contributed by atoms with Gasteiger partial charge in [-0.05, 0) is 42.8 Å². The van der Waals surface area contributed by atoms with Crippen molar-refractivity contribution in [3.63, 3.8) is 0 Å². The number of aryl methyl sites for hydroxylation is 1. The van der Waals surface area contributed by atoms with Crippen molar-refractivity contribution in [2.45, 2.75) is 13.3 Å². The highest BCUT2D eigenvalue weighted by atomic mass is 35.5. The third-order valence-corrected chi connectivity index (χ3v) is 4.21. The molecule has 3 rings (SSSR count). The van der Waals surface area contributed by atoms with Gasteiger partial charge in [-0.15, -0.1) is 0 Å². The van der Waals surface area contributed by atoms with Crippen LogP contribution in [0.25, 0.3) is 0 Å². The standard InChI is InChI=1S/C21H20ClN3O2/c1-14-4-3-5-15(10-14)11-21(26)25-17-7-9-20(23-13-17)24-16-6-8-19(27-2)18(22)12-16/h3-10,12-13H,11H2,1-2H3,(H,23,24)(H,25,26). The van der Waals surface area contributed by atoms with Crippen molar-refractivity contribution in [3.8, 4) is 5.75 Å². The van der Waals surface area contributed by atoms with E-state index in [0.29, 0.717) is 28.7 Å². The number of aromatic nitrogens is 1. The Kier molecular flexibility index (Phi) is 5.94. The van der Waals surface area contributed by atoms with E-state index in [9.17, 15) is 4.79 Å². The molecule has 0 unspecified atom stereocenters. The van der Waals surface area contributed by atoms with E-state index in [4.69, 9.17) is 16.3 Å². The van der Waals surface area contributed by atoms with Crippen molar-refractivity contribution in [2.75, 3.05) is 17.7 Å². The minimum Gasteiger partial charge on any atom is -0.495 e. The molecule has 0 aliphatic heterocycles. The second-order valence-electron chi connectivity index (χ2n) is 6.12. The first kappa shape index (κ1) is 18.7. The molecule has 2 aromatic carbocycles. The van der Waals surface area contributed by atoms with Crippen LogP contribution in [0, 0.1) is 6.92 Å². The van der Waals surface area contributed by atoms with E-state index in [1.807, 2.05) is 37.3 Å². The number of carbonyl (C=O) groups excluding carboxylic acids is 1. The summed E-state index contributed by atoms with van der Waals surface area (Å²) < 4.78 is 5.14. The molecule has 0 bridgehead atoms. The summed E-state index contributed by atoms with van der Waals surface area (Å²) in [6.07, 6.45) is 1.94. The maximum Gasteiger partial charge on any atom is 0.228 e. The Balaban J connectivity index is 1.60. The average molecular weight is 382 g/mol. The van der Waals surface area contributed by atoms with Crippen LogP contribution < -0.4 is 15.4 Å². The van der Waals surface area contributed by atoms with Crippen molar-refractivity contribution in [1.82, 2.24) is 4.98 Å². The number of carbonyl (C=O) groups is 1. The lowest BCUT2D eigenvalue weighted by atomic mass is 10.1. The summed E-state index contributed by atoms with van der Waals surface area (Å²) in [6.45, 7) is 2.01. The van der Waals surface area contributed by atoms with E-state index in [1.54, 1.807) is 37.6 Å². The smallest absolute Gasteiger partial charge is 0.228 e. The van der Waals surface area contributed by atoms with Crippen LogP contribution >= 0.6 is 11.6 Å². The number of anilines is 3. The molecule has 1 aromatic heterocycles. The van der Waals surface area contributed by atoms with Crippen LogP contribution in [0.4, 0.5) is 17.2 Å². The van der Waals surface area contributed by atoms with Gasteiger partial charge in [0.2, 0.25) is 5.91 Å². The Morgan fingerprint density at radius 1 is 1.11 bits per heavy atom. The number of benzene rings is 2. The van der Waals surface area contributed by atoms with Crippen LogP contribution in [0.1, 0.15) is 11.1 Å². The van der Waals surface area contributed by atoms with E-state index < -0.39 is 0 Å². The van der Waals surface area contributed by atoms with E-state index in [1.165, 1.54) is 0 Å². The molecular formula is C21H20ClN3O2. The van der Waals surface area contributed by atoms with Gasteiger partial charge in [-0.3, -0.25) is 4.79 Å². The fraction of sp³-hybridized carbons (Fsp3) is 0.143. The molecule has 3 aromatic rings. The number of rotatable bonds is 6. The minimum absolute atomic E-state index is 0.0787. The predicted molar refractivity (Wildman–Crippen MR) is 109 cm³/mol. The van der Waals surface area contributed by atoms with E-state index in [-0.39, 0.29) is 5.91 Å². The molecule has 1 amide bonds. The first-order chi connectivity index (χ1) is 13.0. The van der Waals surface area contributed by atoms with Gasteiger partial charge in [0, 0.05) is 5.69 Å². The van der Waals surface area contributed by atoms with Gasteiger partial charge in [0.25, 0.3) is 0 Å². The largest absolute Gasteiger partial charge is 0.495 e. The van der Waals surface area contributed by atoms with Gasteiger partial charge in [0.05, 0.1) is 30.4 Å². The number of nitrogens with zero attached hydrogens (tertiary/aromatic N) is 1.